The predicted molar refractivity (Wildman–Crippen MR) is 73.5 cm³/mol. The summed E-state index contributed by atoms with van der Waals surface area (Å²) in [4.78, 5) is 17.6. The molecule has 2 aliphatic rings. The zero-order valence-electron chi connectivity index (χ0n) is 11.6. The summed E-state index contributed by atoms with van der Waals surface area (Å²) in [6.45, 7) is 1.32. The molecule has 0 radical (unpaired) electrons. The maximum absolute atomic E-state index is 13.6. The van der Waals surface area contributed by atoms with Gasteiger partial charge in [0, 0.05) is 31.9 Å². The van der Waals surface area contributed by atoms with Gasteiger partial charge in [0.05, 0.1) is 6.26 Å². The number of sulfonamides is 1. The molecule has 2 saturated heterocycles. The number of halogens is 1. The number of fused-ring (bicyclic) bond motifs is 1. The van der Waals surface area contributed by atoms with Crippen molar-refractivity contribution in [3.63, 3.8) is 0 Å². The first-order valence-electron chi connectivity index (χ1n) is 6.74. The van der Waals surface area contributed by atoms with Gasteiger partial charge >= 0.3 is 0 Å². The first-order valence-corrected chi connectivity index (χ1v) is 8.59. The van der Waals surface area contributed by atoms with Gasteiger partial charge in [-0.3, -0.25) is 4.79 Å². The molecule has 0 spiro atoms. The molecular weight excluding hydrogens is 297 g/mol. The molecule has 21 heavy (non-hydrogen) atoms. The second-order valence-corrected chi connectivity index (χ2v) is 7.47. The number of amides is 1. The standard InChI is InChI=1S/C13H16FN3O3S/c1-21(19,20)17-7-9-4-6-16(8-11(9)17)13(18)12-10(14)3-2-5-15-12/h2-3,5,9,11H,4,6-8H2,1H3/t9-,11-/m1/s1. The molecule has 1 aromatic rings. The van der Waals surface area contributed by atoms with Gasteiger partial charge in [-0.25, -0.2) is 17.8 Å². The summed E-state index contributed by atoms with van der Waals surface area (Å²) in [6.07, 6.45) is 3.27. The summed E-state index contributed by atoms with van der Waals surface area (Å²) in [5.74, 6) is -0.845. The Morgan fingerprint density at radius 3 is 2.86 bits per heavy atom. The van der Waals surface area contributed by atoms with Gasteiger partial charge in [0.25, 0.3) is 5.91 Å². The van der Waals surface area contributed by atoms with Gasteiger partial charge in [0.2, 0.25) is 10.0 Å². The molecule has 3 rings (SSSR count). The van der Waals surface area contributed by atoms with E-state index >= 15 is 0 Å². The summed E-state index contributed by atoms with van der Waals surface area (Å²) >= 11 is 0. The fourth-order valence-corrected chi connectivity index (χ4v) is 4.20. The number of pyridine rings is 1. The molecule has 2 aliphatic heterocycles. The summed E-state index contributed by atoms with van der Waals surface area (Å²) < 4.78 is 38.3. The average molecular weight is 313 g/mol. The Kier molecular flexibility index (Phi) is 3.45. The minimum atomic E-state index is -3.25. The van der Waals surface area contributed by atoms with Gasteiger partial charge in [-0.05, 0) is 24.5 Å². The van der Waals surface area contributed by atoms with E-state index < -0.39 is 21.7 Å². The molecule has 0 unspecified atom stereocenters. The molecule has 0 bridgehead atoms. The number of aromatic nitrogens is 1. The third-order valence-electron chi connectivity index (χ3n) is 4.18. The molecule has 8 heteroatoms. The van der Waals surface area contributed by atoms with Gasteiger partial charge < -0.3 is 4.90 Å². The molecule has 0 saturated carbocycles. The van der Waals surface area contributed by atoms with Crippen LogP contribution in [0.15, 0.2) is 18.3 Å². The fraction of sp³-hybridized carbons (Fsp3) is 0.538. The van der Waals surface area contributed by atoms with E-state index in [1.54, 1.807) is 0 Å². The predicted octanol–water partition coefficient (Wildman–Crippen LogP) is 0.327. The molecular formula is C13H16FN3O3S. The van der Waals surface area contributed by atoms with Crippen LogP contribution in [0.5, 0.6) is 0 Å². The molecule has 6 nitrogen and oxygen atoms in total. The SMILES string of the molecule is CS(=O)(=O)N1C[C@H]2CCN(C(=O)c3ncccc3F)C[C@H]21. The average Bonchev–Trinajstić information content (AvgIpc) is 2.38. The van der Waals surface area contributed by atoms with Crippen LogP contribution in [-0.2, 0) is 10.0 Å². The van der Waals surface area contributed by atoms with E-state index in [4.69, 9.17) is 0 Å². The van der Waals surface area contributed by atoms with Crippen molar-refractivity contribution < 1.29 is 17.6 Å². The number of rotatable bonds is 2. The second-order valence-electron chi connectivity index (χ2n) is 5.53. The van der Waals surface area contributed by atoms with E-state index in [1.165, 1.54) is 33.8 Å². The van der Waals surface area contributed by atoms with Crippen LogP contribution in [0, 0.1) is 11.7 Å². The van der Waals surface area contributed by atoms with Crippen molar-refractivity contribution in [2.75, 3.05) is 25.9 Å². The maximum atomic E-state index is 13.6. The minimum Gasteiger partial charge on any atom is -0.336 e. The minimum absolute atomic E-state index is 0.190. The van der Waals surface area contributed by atoms with Gasteiger partial charge in [-0.2, -0.15) is 4.31 Å². The van der Waals surface area contributed by atoms with Crippen molar-refractivity contribution >= 4 is 15.9 Å². The lowest BCUT2D eigenvalue weighted by molar-refractivity contribution is 0.0136. The van der Waals surface area contributed by atoms with Crippen LogP contribution in [0.4, 0.5) is 4.39 Å². The maximum Gasteiger partial charge on any atom is 0.275 e. The smallest absolute Gasteiger partial charge is 0.275 e. The number of likely N-dealkylation sites (tertiary alicyclic amines) is 1. The Bertz CT molecular complexity index is 679. The van der Waals surface area contributed by atoms with Crippen LogP contribution in [-0.4, -0.2) is 60.4 Å². The van der Waals surface area contributed by atoms with E-state index in [2.05, 4.69) is 4.98 Å². The summed E-state index contributed by atoms with van der Waals surface area (Å²) in [6, 6.07) is 2.43. The van der Waals surface area contributed by atoms with Crippen molar-refractivity contribution in [2.24, 2.45) is 5.92 Å². The van der Waals surface area contributed by atoms with E-state index in [0.29, 0.717) is 19.6 Å². The Labute approximate surface area is 122 Å². The van der Waals surface area contributed by atoms with Gasteiger partial charge in [-0.15, -0.1) is 0 Å². The van der Waals surface area contributed by atoms with E-state index in [1.807, 2.05) is 0 Å². The topological polar surface area (TPSA) is 70.6 Å². The van der Waals surface area contributed by atoms with Crippen LogP contribution in [0.25, 0.3) is 0 Å². The summed E-state index contributed by atoms with van der Waals surface area (Å²) in [5, 5.41) is 0. The van der Waals surface area contributed by atoms with E-state index in [0.717, 1.165) is 6.42 Å². The lowest BCUT2D eigenvalue weighted by Gasteiger charge is -2.51. The van der Waals surface area contributed by atoms with Crippen molar-refractivity contribution in [1.82, 2.24) is 14.2 Å². The zero-order chi connectivity index (χ0) is 15.2. The van der Waals surface area contributed by atoms with Crippen LogP contribution in [0.1, 0.15) is 16.9 Å². The highest BCUT2D eigenvalue weighted by atomic mass is 32.2. The third-order valence-corrected chi connectivity index (χ3v) is 5.45. The molecule has 2 atom stereocenters. The Hall–Kier alpha value is -1.54. The second kappa shape index (κ2) is 5.03. The van der Waals surface area contributed by atoms with Gasteiger partial charge in [-0.1, -0.05) is 0 Å². The monoisotopic (exact) mass is 313 g/mol. The number of carbonyl (C=O) groups excluding carboxylic acids is 1. The molecule has 114 valence electrons. The van der Waals surface area contributed by atoms with Crippen molar-refractivity contribution in [3.05, 3.63) is 29.8 Å². The highest BCUT2D eigenvalue weighted by Gasteiger charge is 2.47. The molecule has 1 amide bonds. The zero-order valence-corrected chi connectivity index (χ0v) is 12.4. The van der Waals surface area contributed by atoms with Gasteiger partial charge in [0.1, 0.15) is 0 Å². The van der Waals surface area contributed by atoms with Crippen LogP contribution >= 0.6 is 0 Å². The summed E-state index contributed by atoms with van der Waals surface area (Å²) in [5.41, 5.74) is -0.207. The van der Waals surface area contributed by atoms with Crippen LogP contribution in [0.2, 0.25) is 0 Å². The van der Waals surface area contributed by atoms with Crippen LogP contribution < -0.4 is 0 Å². The molecule has 0 N–H and O–H groups in total. The Balaban J connectivity index is 1.76. The lowest BCUT2D eigenvalue weighted by Crippen LogP contribution is -2.65. The van der Waals surface area contributed by atoms with Crippen molar-refractivity contribution in [3.8, 4) is 0 Å². The molecule has 1 aromatic heterocycles. The number of nitrogens with zero attached hydrogens (tertiary/aromatic N) is 3. The Morgan fingerprint density at radius 1 is 1.43 bits per heavy atom. The molecule has 3 heterocycles. The normalized spacial score (nSPS) is 26.1. The van der Waals surface area contributed by atoms with E-state index in [9.17, 15) is 17.6 Å². The fourth-order valence-electron chi connectivity index (χ4n) is 3.01. The third kappa shape index (κ3) is 2.53. The molecule has 0 aromatic carbocycles. The van der Waals surface area contributed by atoms with Crippen LogP contribution in [0.3, 0.4) is 0 Å². The Morgan fingerprint density at radius 2 is 2.19 bits per heavy atom. The molecule has 0 aliphatic carbocycles. The quantitative estimate of drug-likeness (QED) is 0.789. The van der Waals surface area contributed by atoms with E-state index in [-0.39, 0.29) is 17.7 Å². The lowest BCUT2D eigenvalue weighted by atomic mass is 9.85. The highest BCUT2D eigenvalue weighted by molar-refractivity contribution is 7.88. The largest absolute Gasteiger partial charge is 0.336 e. The van der Waals surface area contributed by atoms with Crippen molar-refractivity contribution in [1.29, 1.82) is 0 Å². The number of carbonyl (C=O) groups is 1. The van der Waals surface area contributed by atoms with Crippen molar-refractivity contribution in [2.45, 2.75) is 12.5 Å². The highest BCUT2D eigenvalue weighted by Crippen LogP contribution is 2.34. The number of hydrogen-bond donors (Lipinski definition) is 0. The number of piperidine rings is 1. The summed E-state index contributed by atoms with van der Waals surface area (Å²) in [7, 11) is -3.25. The first-order chi connectivity index (χ1) is 9.88. The molecule has 2 fully saturated rings. The number of hydrogen-bond acceptors (Lipinski definition) is 4. The van der Waals surface area contributed by atoms with Gasteiger partial charge in [0.15, 0.2) is 11.5 Å². The first kappa shape index (κ1) is 14.4.